The molecule has 0 spiro atoms. The molecule has 27 heavy (non-hydrogen) atoms. The van der Waals surface area contributed by atoms with Crippen LogP contribution in [0.1, 0.15) is 16.7 Å². The third-order valence-electron chi connectivity index (χ3n) is 4.67. The first-order valence-electron chi connectivity index (χ1n) is 9.08. The molecule has 0 aliphatic carbocycles. The maximum atomic E-state index is 4.77. The second kappa shape index (κ2) is 7.46. The molecule has 1 aromatic heterocycles. The van der Waals surface area contributed by atoms with Crippen LogP contribution in [-0.4, -0.2) is 9.97 Å². The van der Waals surface area contributed by atoms with Gasteiger partial charge in [-0.15, -0.1) is 0 Å². The third-order valence-corrected chi connectivity index (χ3v) is 4.67. The Bertz CT molecular complexity index is 1070. The summed E-state index contributed by atoms with van der Waals surface area (Å²) >= 11 is 0. The summed E-state index contributed by atoms with van der Waals surface area (Å²) < 4.78 is 0. The molecule has 4 nitrogen and oxygen atoms in total. The predicted molar refractivity (Wildman–Crippen MR) is 113 cm³/mol. The first kappa shape index (κ1) is 17.0. The molecule has 4 aromatic rings. The van der Waals surface area contributed by atoms with E-state index in [9.17, 15) is 0 Å². The fourth-order valence-corrected chi connectivity index (χ4v) is 3.16. The molecular formula is C23H22N4. The molecule has 1 heterocycles. The maximum absolute atomic E-state index is 4.77. The Hall–Kier alpha value is -3.40. The highest BCUT2D eigenvalue weighted by atomic mass is 15.1. The molecule has 134 valence electrons. The van der Waals surface area contributed by atoms with Gasteiger partial charge in [0.1, 0.15) is 5.82 Å². The van der Waals surface area contributed by atoms with Crippen molar-refractivity contribution in [2.75, 3.05) is 10.6 Å². The molecule has 2 N–H and O–H groups in total. The van der Waals surface area contributed by atoms with Crippen LogP contribution in [0.2, 0.25) is 0 Å². The Morgan fingerprint density at radius 1 is 0.741 bits per heavy atom. The quantitative estimate of drug-likeness (QED) is 0.489. The van der Waals surface area contributed by atoms with Crippen LogP contribution in [0.5, 0.6) is 0 Å². The van der Waals surface area contributed by atoms with Crippen molar-refractivity contribution in [1.82, 2.24) is 9.97 Å². The molecule has 4 rings (SSSR count). The zero-order chi connectivity index (χ0) is 18.6. The number of para-hydroxylation sites is 1. The largest absolute Gasteiger partial charge is 0.350 e. The number of hydrogen-bond donors (Lipinski definition) is 2. The van der Waals surface area contributed by atoms with E-state index in [1.54, 1.807) is 0 Å². The number of rotatable bonds is 5. The van der Waals surface area contributed by atoms with Gasteiger partial charge in [-0.25, -0.2) is 4.98 Å². The number of hydrogen-bond acceptors (Lipinski definition) is 4. The van der Waals surface area contributed by atoms with E-state index in [1.165, 1.54) is 11.1 Å². The molecule has 0 amide bonds. The number of aryl methyl sites for hydroxylation is 2. The SMILES string of the molecule is Cc1ccccc1CNc1nc(Nc2ccccc2)c2c(C)cccc2n1. The van der Waals surface area contributed by atoms with Crippen LogP contribution in [0, 0.1) is 13.8 Å². The van der Waals surface area contributed by atoms with Crippen LogP contribution in [0.15, 0.2) is 72.8 Å². The van der Waals surface area contributed by atoms with Gasteiger partial charge in [-0.3, -0.25) is 0 Å². The van der Waals surface area contributed by atoms with Crippen LogP contribution in [0.4, 0.5) is 17.5 Å². The highest BCUT2D eigenvalue weighted by molar-refractivity contribution is 5.94. The van der Waals surface area contributed by atoms with Crippen LogP contribution in [0.3, 0.4) is 0 Å². The Balaban J connectivity index is 1.70. The summed E-state index contributed by atoms with van der Waals surface area (Å²) in [4.78, 5) is 9.49. The van der Waals surface area contributed by atoms with Crippen LogP contribution in [0.25, 0.3) is 10.9 Å². The number of nitrogens with zero attached hydrogens (tertiary/aromatic N) is 2. The predicted octanol–water partition coefficient (Wildman–Crippen LogP) is 5.60. The minimum atomic E-state index is 0.620. The Labute approximate surface area is 159 Å². The monoisotopic (exact) mass is 354 g/mol. The van der Waals surface area contributed by atoms with Gasteiger partial charge in [0.25, 0.3) is 0 Å². The third kappa shape index (κ3) is 3.75. The molecule has 0 aliphatic heterocycles. The van der Waals surface area contributed by atoms with E-state index in [4.69, 9.17) is 9.97 Å². The Kier molecular flexibility index (Phi) is 4.71. The zero-order valence-electron chi connectivity index (χ0n) is 15.5. The highest BCUT2D eigenvalue weighted by Gasteiger charge is 2.10. The van der Waals surface area contributed by atoms with E-state index in [2.05, 4.69) is 54.8 Å². The molecular weight excluding hydrogens is 332 g/mol. The summed E-state index contributed by atoms with van der Waals surface area (Å²) in [5.41, 5.74) is 5.57. The van der Waals surface area contributed by atoms with Gasteiger partial charge in [-0.2, -0.15) is 4.98 Å². The fraction of sp³-hybridized carbons (Fsp3) is 0.130. The van der Waals surface area contributed by atoms with Gasteiger partial charge in [0.05, 0.1) is 5.52 Å². The topological polar surface area (TPSA) is 49.8 Å². The zero-order valence-corrected chi connectivity index (χ0v) is 15.5. The van der Waals surface area contributed by atoms with Crippen molar-refractivity contribution in [2.45, 2.75) is 20.4 Å². The van der Waals surface area contributed by atoms with E-state index < -0.39 is 0 Å². The summed E-state index contributed by atoms with van der Waals surface area (Å²) in [6, 6.07) is 24.6. The Morgan fingerprint density at radius 3 is 2.30 bits per heavy atom. The minimum absolute atomic E-state index is 0.620. The molecule has 0 aliphatic rings. The highest BCUT2D eigenvalue weighted by Crippen LogP contribution is 2.28. The summed E-state index contributed by atoms with van der Waals surface area (Å²) in [6.45, 7) is 4.89. The molecule has 0 bridgehead atoms. The molecule has 0 radical (unpaired) electrons. The van der Waals surface area contributed by atoms with Gasteiger partial charge in [0.15, 0.2) is 0 Å². The number of nitrogens with one attached hydrogen (secondary N) is 2. The second-order valence-electron chi connectivity index (χ2n) is 6.64. The van der Waals surface area contributed by atoms with Gasteiger partial charge in [0.2, 0.25) is 5.95 Å². The average molecular weight is 354 g/mol. The van der Waals surface area contributed by atoms with Crippen molar-refractivity contribution in [3.8, 4) is 0 Å². The summed E-state index contributed by atoms with van der Waals surface area (Å²) in [7, 11) is 0. The van der Waals surface area contributed by atoms with Crippen molar-refractivity contribution in [1.29, 1.82) is 0 Å². The van der Waals surface area contributed by atoms with Gasteiger partial charge in [0, 0.05) is 17.6 Å². The van der Waals surface area contributed by atoms with Gasteiger partial charge < -0.3 is 10.6 Å². The first-order chi connectivity index (χ1) is 13.2. The normalized spacial score (nSPS) is 10.7. The smallest absolute Gasteiger partial charge is 0.225 e. The van der Waals surface area contributed by atoms with Crippen molar-refractivity contribution in [3.05, 3.63) is 89.5 Å². The molecule has 0 saturated heterocycles. The van der Waals surface area contributed by atoms with Gasteiger partial charge >= 0.3 is 0 Å². The molecule has 0 saturated carbocycles. The van der Waals surface area contributed by atoms with E-state index in [0.29, 0.717) is 12.5 Å². The maximum Gasteiger partial charge on any atom is 0.225 e. The molecule has 0 fully saturated rings. The fourth-order valence-electron chi connectivity index (χ4n) is 3.16. The molecule has 0 unspecified atom stereocenters. The van der Waals surface area contributed by atoms with Crippen molar-refractivity contribution < 1.29 is 0 Å². The summed E-state index contributed by atoms with van der Waals surface area (Å²) in [6.07, 6.45) is 0. The van der Waals surface area contributed by atoms with Crippen molar-refractivity contribution >= 4 is 28.4 Å². The lowest BCUT2D eigenvalue weighted by atomic mass is 10.1. The second-order valence-corrected chi connectivity index (χ2v) is 6.64. The number of anilines is 3. The number of aromatic nitrogens is 2. The molecule has 0 atom stereocenters. The van der Waals surface area contributed by atoms with Gasteiger partial charge in [-0.05, 0) is 48.7 Å². The van der Waals surface area contributed by atoms with E-state index in [1.807, 2.05) is 42.5 Å². The van der Waals surface area contributed by atoms with Crippen LogP contribution < -0.4 is 10.6 Å². The lowest BCUT2D eigenvalue weighted by Crippen LogP contribution is -2.07. The van der Waals surface area contributed by atoms with E-state index in [-0.39, 0.29) is 0 Å². The molecule has 4 heteroatoms. The molecule has 3 aromatic carbocycles. The van der Waals surface area contributed by atoms with Crippen LogP contribution in [-0.2, 0) is 6.54 Å². The first-order valence-corrected chi connectivity index (χ1v) is 9.08. The summed E-state index contributed by atoms with van der Waals surface area (Å²) in [5.74, 6) is 1.44. The van der Waals surface area contributed by atoms with Crippen LogP contribution >= 0.6 is 0 Å². The van der Waals surface area contributed by atoms with Crippen molar-refractivity contribution in [3.63, 3.8) is 0 Å². The lowest BCUT2D eigenvalue weighted by Gasteiger charge is -2.14. The summed E-state index contributed by atoms with van der Waals surface area (Å²) in [5, 5.41) is 7.87. The van der Waals surface area contributed by atoms with Crippen molar-refractivity contribution in [2.24, 2.45) is 0 Å². The van der Waals surface area contributed by atoms with E-state index in [0.717, 1.165) is 28.0 Å². The number of fused-ring (bicyclic) bond motifs is 1. The number of benzene rings is 3. The lowest BCUT2D eigenvalue weighted by molar-refractivity contribution is 1.06. The van der Waals surface area contributed by atoms with Gasteiger partial charge in [-0.1, -0.05) is 54.6 Å². The Morgan fingerprint density at radius 2 is 1.48 bits per heavy atom. The average Bonchev–Trinajstić information content (AvgIpc) is 2.68. The van der Waals surface area contributed by atoms with E-state index >= 15 is 0 Å². The standard InChI is InChI=1S/C23H22N4/c1-16-9-6-7-11-18(16)15-24-23-26-20-14-8-10-17(2)21(20)22(27-23)25-19-12-4-3-5-13-19/h3-14H,15H2,1-2H3,(H2,24,25,26,27). The minimum Gasteiger partial charge on any atom is -0.350 e.